The zero-order valence-corrected chi connectivity index (χ0v) is 10.8. The van der Waals surface area contributed by atoms with Gasteiger partial charge < -0.3 is 15.2 Å². The standard InChI is InChI=1S/C13H21N3O2/c1-18-13-4-3-11(9-15-13)12(10-17)16-7-2-5-14-6-8-16/h3-4,9,12,14,17H,2,5-8,10H2,1H3. The summed E-state index contributed by atoms with van der Waals surface area (Å²) in [4.78, 5) is 6.52. The van der Waals surface area contributed by atoms with Crippen LogP contribution in [0.3, 0.4) is 0 Å². The van der Waals surface area contributed by atoms with Gasteiger partial charge in [-0.2, -0.15) is 0 Å². The first-order valence-corrected chi connectivity index (χ1v) is 6.40. The van der Waals surface area contributed by atoms with Crippen molar-refractivity contribution in [1.29, 1.82) is 0 Å². The molecule has 100 valence electrons. The van der Waals surface area contributed by atoms with Crippen LogP contribution in [0.2, 0.25) is 0 Å². The van der Waals surface area contributed by atoms with E-state index in [0.717, 1.165) is 38.2 Å². The van der Waals surface area contributed by atoms with Gasteiger partial charge in [0.05, 0.1) is 19.8 Å². The van der Waals surface area contributed by atoms with Crippen LogP contribution in [0.15, 0.2) is 18.3 Å². The van der Waals surface area contributed by atoms with Crippen molar-refractivity contribution in [2.24, 2.45) is 0 Å². The Morgan fingerprint density at radius 2 is 2.33 bits per heavy atom. The monoisotopic (exact) mass is 251 g/mol. The molecule has 1 aliphatic heterocycles. The second-order valence-electron chi connectivity index (χ2n) is 4.47. The zero-order valence-electron chi connectivity index (χ0n) is 10.8. The van der Waals surface area contributed by atoms with Crippen LogP contribution in [0, 0.1) is 0 Å². The number of hydrogen-bond acceptors (Lipinski definition) is 5. The first-order valence-electron chi connectivity index (χ1n) is 6.40. The molecule has 2 rings (SSSR count). The van der Waals surface area contributed by atoms with Gasteiger partial charge in [-0.25, -0.2) is 4.98 Å². The van der Waals surface area contributed by atoms with Gasteiger partial charge in [-0.1, -0.05) is 6.07 Å². The van der Waals surface area contributed by atoms with Gasteiger partial charge in [0.1, 0.15) is 0 Å². The highest BCUT2D eigenvalue weighted by Gasteiger charge is 2.20. The van der Waals surface area contributed by atoms with Crippen molar-refractivity contribution < 1.29 is 9.84 Å². The molecule has 1 atom stereocenters. The number of hydrogen-bond donors (Lipinski definition) is 2. The van der Waals surface area contributed by atoms with Crippen LogP contribution in [-0.4, -0.2) is 54.9 Å². The number of pyridine rings is 1. The first kappa shape index (κ1) is 13.3. The molecule has 2 N–H and O–H groups in total. The molecule has 1 unspecified atom stereocenters. The molecule has 18 heavy (non-hydrogen) atoms. The summed E-state index contributed by atoms with van der Waals surface area (Å²) in [6.45, 7) is 4.10. The summed E-state index contributed by atoms with van der Waals surface area (Å²) in [6, 6.07) is 3.85. The lowest BCUT2D eigenvalue weighted by atomic mass is 10.1. The fraction of sp³-hybridized carbons (Fsp3) is 0.615. The van der Waals surface area contributed by atoms with Crippen LogP contribution in [0.25, 0.3) is 0 Å². The minimum absolute atomic E-state index is 0.0308. The van der Waals surface area contributed by atoms with Gasteiger partial charge in [-0.05, 0) is 18.5 Å². The minimum Gasteiger partial charge on any atom is -0.481 e. The lowest BCUT2D eigenvalue weighted by Crippen LogP contribution is -2.34. The number of methoxy groups -OCH3 is 1. The number of rotatable bonds is 4. The molecule has 0 aromatic carbocycles. The quantitative estimate of drug-likeness (QED) is 0.812. The molecule has 1 aromatic rings. The molecule has 0 bridgehead atoms. The third-order valence-corrected chi connectivity index (χ3v) is 3.34. The maximum absolute atomic E-state index is 9.63. The van der Waals surface area contributed by atoms with Crippen molar-refractivity contribution in [3.8, 4) is 5.88 Å². The Bertz CT molecular complexity index is 348. The number of aromatic nitrogens is 1. The maximum atomic E-state index is 9.63. The first-order chi connectivity index (χ1) is 8.85. The second kappa shape index (κ2) is 6.68. The molecule has 0 amide bonds. The highest BCUT2D eigenvalue weighted by atomic mass is 16.5. The molecule has 1 aliphatic rings. The van der Waals surface area contributed by atoms with Gasteiger partial charge >= 0.3 is 0 Å². The van der Waals surface area contributed by atoms with Gasteiger partial charge in [0.15, 0.2) is 0 Å². The lowest BCUT2D eigenvalue weighted by Gasteiger charge is -2.29. The van der Waals surface area contributed by atoms with E-state index >= 15 is 0 Å². The molecule has 5 nitrogen and oxygen atoms in total. The van der Waals surface area contributed by atoms with Crippen LogP contribution in [-0.2, 0) is 0 Å². The van der Waals surface area contributed by atoms with Crippen LogP contribution >= 0.6 is 0 Å². The van der Waals surface area contributed by atoms with Crippen molar-refractivity contribution >= 4 is 0 Å². The maximum Gasteiger partial charge on any atom is 0.212 e. The Morgan fingerprint density at radius 1 is 1.44 bits per heavy atom. The predicted molar refractivity (Wildman–Crippen MR) is 69.7 cm³/mol. The number of aliphatic hydroxyl groups is 1. The molecule has 2 heterocycles. The minimum atomic E-state index is 0.0308. The average Bonchev–Trinajstić information content (AvgIpc) is 2.70. The van der Waals surface area contributed by atoms with E-state index in [1.165, 1.54) is 0 Å². The fourth-order valence-electron chi connectivity index (χ4n) is 2.32. The number of aliphatic hydroxyl groups excluding tert-OH is 1. The Balaban J connectivity index is 2.10. The summed E-state index contributed by atoms with van der Waals surface area (Å²) < 4.78 is 5.05. The Labute approximate surface area is 108 Å². The molecule has 0 spiro atoms. The highest BCUT2D eigenvalue weighted by Crippen LogP contribution is 2.21. The number of nitrogens with one attached hydrogen (secondary N) is 1. The van der Waals surface area contributed by atoms with E-state index in [1.807, 2.05) is 12.1 Å². The molecule has 0 radical (unpaired) electrons. The predicted octanol–water partition coefficient (Wildman–Crippen LogP) is 0.419. The van der Waals surface area contributed by atoms with E-state index in [0.29, 0.717) is 5.88 Å². The molecular weight excluding hydrogens is 230 g/mol. The SMILES string of the molecule is COc1ccc(C(CO)N2CCCNCC2)cn1. The number of nitrogens with zero attached hydrogens (tertiary/aromatic N) is 2. The van der Waals surface area contributed by atoms with Crippen molar-refractivity contribution in [2.45, 2.75) is 12.5 Å². The molecule has 1 aromatic heterocycles. The van der Waals surface area contributed by atoms with Gasteiger partial charge in [-0.3, -0.25) is 4.90 Å². The van der Waals surface area contributed by atoms with Crippen LogP contribution in [0.5, 0.6) is 5.88 Å². The Hall–Kier alpha value is -1.17. The molecule has 0 saturated carbocycles. The van der Waals surface area contributed by atoms with Gasteiger partial charge in [0.25, 0.3) is 0 Å². The summed E-state index contributed by atoms with van der Waals surface area (Å²) >= 11 is 0. The van der Waals surface area contributed by atoms with E-state index in [9.17, 15) is 5.11 Å². The fourth-order valence-corrected chi connectivity index (χ4v) is 2.32. The largest absolute Gasteiger partial charge is 0.481 e. The van der Waals surface area contributed by atoms with E-state index < -0.39 is 0 Å². The van der Waals surface area contributed by atoms with Crippen LogP contribution in [0.4, 0.5) is 0 Å². The van der Waals surface area contributed by atoms with E-state index in [4.69, 9.17) is 4.74 Å². The molecule has 1 fully saturated rings. The lowest BCUT2D eigenvalue weighted by molar-refractivity contribution is 0.129. The highest BCUT2D eigenvalue weighted by molar-refractivity contribution is 5.21. The summed E-state index contributed by atoms with van der Waals surface area (Å²) in [5, 5.41) is 13.0. The Morgan fingerprint density at radius 3 is 3.00 bits per heavy atom. The van der Waals surface area contributed by atoms with Gasteiger partial charge in [0.2, 0.25) is 5.88 Å². The normalized spacial score (nSPS) is 19.2. The molecular formula is C13H21N3O2. The van der Waals surface area contributed by atoms with Crippen molar-refractivity contribution in [3.63, 3.8) is 0 Å². The smallest absolute Gasteiger partial charge is 0.212 e. The average molecular weight is 251 g/mol. The van der Waals surface area contributed by atoms with E-state index in [-0.39, 0.29) is 12.6 Å². The van der Waals surface area contributed by atoms with Gasteiger partial charge in [0, 0.05) is 31.9 Å². The third kappa shape index (κ3) is 3.19. The summed E-state index contributed by atoms with van der Waals surface area (Å²) in [5.74, 6) is 0.605. The van der Waals surface area contributed by atoms with Crippen molar-refractivity contribution in [3.05, 3.63) is 23.9 Å². The molecule has 0 aliphatic carbocycles. The Kier molecular flexibility index (Phi) is 4.92. The molecule has 1 saturated heterocycles. The summed E-state index contributed by atoms with van der Waals surface area (Å²) in [6.07, 6.45) is 2.90. The van der Waals surface area contributed by atoms with Crippen LogP contribution in [0.1, 0.15) is 18.0 Å². The van der Waals surface area contributed by atoms with Gasteiger partial charge in [-0.15, -0.1) is 0 Å². The summed E-state index contributed by atoms with van der Waals surface area (Å²) in [7, 11) is 1.60. The number of ether oxygens (including phenoxy) is 1. The van der Waals surface area contributed by atoms with E-state index in [1.54, 1.807) is 13.3 Å². The molecule has 5 heteroatoms. The topological polar surface area (TPSA) is 57.6 Å². The third-order valence-electron chi connectivity index (χ3n) is 3.34. The van der Waals surface area contributed by atoms with Crippen molar-refractivity contribution in [2.75, 3.05) is 39.9 Å². The summed E-state index contributed by atoms with van der Waals surface area (Å²) in [5.41, 5.74) is 1.04. The second-order valence-corrected chi connectivity index (χ2v) is 4.47. The van der Waals surface area contributed by atoms with Crippen LogP contribution < -0.4 is 10.1 Å². The zero-order chi connectivity index (χ0) is 12.8. The van der Waals surface area contributed by atoms with Crippen molar-refractivity contribution in [1.82, 2.24) is 15.2 Å². The van der Waals surface area contributed by atoms with E-state index in [2.05, 4.69) is 15.2 Å².